The molecule has 4 heteroatoms. The summed E-state index contributed by atoms with van der Waals surface area (Å²) < 4.78 is 5.37. The highest BCUT2D eigenvalue weighted by atomic mass is 16.5. The molecular weight excluding hydrogens is 252 g/mol. The fourth-order valence-corrected chi connectivity index (χ4v) is 3.12. The van der Waals surface area contributed by atoms with Crippen molar-refractivity contribution in [3.63, 3.8) is 0 Å². The first-order chi connectivity index (χ1) is 9.77. The predicted octanol–water partition coefficient (Wildman–Crippen LogP) is 2.29. The Bertz CT molecular complexity index is 483. The van der Waals surface area contributed by atoms with Crippen LogP contribution in [0.2, 0.25) is 0 Å². The Morgan fingerprint density at radius 1 is 1.15 bits per heavy atom. The molecule has 0 spiro atoms. The summed E-state index contributed by atoms with van der Waals surface area (Å²) in [5, 5.41) is 0. The van der Waals surface area contributed by atoms with Crippen molar-refractivity contribution >= 4 is 17.3 Å². The van der Waals surface area contributed by atoms with E-state index in [4.69, 9.17) is 4.74 Å². The monoisotopic (exact) mass is 274 g/mol. The lowest BCUT2D eigenvalue weighted by molar-refractivity contribution is -0.125. The Labute approximate surface area is 120 Å². The van der Waals surface area contributed by atoms with Crippen molar-refractivity contribution in [1.29, 1.82) is 0 Å². The number of para-hydroxylation sites is 2. The molecular formula is C16H22N2O2. The second-order valence-corrected chi connectivity index (χ2v) is 5.64. The molecule has 108 valence electrons. The fourth-order valence-electron chi connectivity index (χ4n) is 3.12. The normalized spacial score (nSPS) is 20.4. The van der Waals surface area contributed by atoms with Gasteiger partial charge in [-0.3, -0.25) is 4.79 Å². The van der Waals surface area contributed by atoms with Crippen LogP contribution in [-0.4, -0.2) is 39.3 Å². The zero-order chi connectivity index (χ0) is 13.9. The van der Waals surface area contributed by atoms with Gasteiger partial charge in [-0.1, -0.05) is 12.1 Å². The van der Waals surface area contributed by atoms with Gasteiger partial charge in [0.2, 0.25) is 5.91 Å². The molecule has 2 heterocycles. The third-order valence-corrected chi connectivity index (χ3v) is 4.30. The average Bonchev–Trinajstić information content (AvgIpc) is 2.67. The van der Waals surface area contributed by atoms with Gasteiger partial charge in [-0.15, -0.1) is 0 Å². The zero-order valence-electron chi connectivity index (χ0n) is 12.0. The first-order valence-electron chi connectivity index (χ1n) is 7.46. The molecule has 0 radical (unpaired) electrons. The highest BCUT2D eigenvalue weighted by Gasteiger charge is 2.29. The standard InChI is InChI=1S/C16H22N2O2/c1-17-9-4-10-18(15-6-3-2-5-14(15)17)16(19)13-7-11-20-12-8-13/h2-3,5-6,13H,4,7-12H2,1H3. The van der Waals surface area contributed by atoms with Gasteiger partial charge < -0.3 is 14.5 Å². The molecule has 2 aliphatic rings. The number of hydrogen-bond acceptors (Lipinski definition) is 3. The van der Waals surface area contributed by atoms with Crippen molar-refractivity contribution in [2.75, 3.05) is 43.2 Å². The van der Waals surface area contributed by atoms with Crippen molar-refractivity contribution in [3.8, 4) is 0 Å². The molecule has 1 aromatic carbocycles. The molecule has 1 aromatic rings. The van der Waals surface area contributed by atoms with Crippen LogP contribution < -0.4 is 9.80 Å². The summed E-state index contributed by atoms with van der Waals surface area (Å²) in [6.07, 6.45) is 2.72. The highest BCUT2D eigenvalue weighted by molar-refractivity contribution is 5.98. The van der Waals surface area contributed by atoms with E-state index in [0.29, 0.717) is 13.2 Å². The largest absolute Gasteiger partial charge is 0.381 e. The van der Waals surface area contributed by atoms with Gasteiger partial charge in [-0.25, -0.2) is 0 Å². The fraction of sp³-hybridized carbons (Fsp3) is 0.562. The minimum atomic E-state index is 0.125. The number of anilines is 2. The minimum Gasteiger partial charge on any atom is -0.381 e. The summed E-state index contributed by atoms with van der Waals surface area (Å²) in [4.78, 5) is 17.1. The van der Waals surface area contributed by atoms with Crippen LogP contribution >= 0.6 is 0 Å². The van der Waals surface area contributed by atoms with E-state index >= 15 is 0 Å². The SMILES string of the molecule is CN1CCCN(C(=O)C2CCOCC2)c2ccccc21. The first-order valence-corrected chi connectivity index (χ1v) is 7.46. The summed E-state index contributed by atoms with van der Waals surface area (Å²) in [5.74, 6) is 0.399. The smallest absolute Gasteiger partial charge is 0.230 e. The van der Waals surface area contributed by atoms with Crippen molar-refractivity contribution in [3.05, 3.63) is 24.3 Å². The Hall–Kier alpha value is -1.55. The molecule has 4 nitrogen and oxygen atoms in total. The third-order valence-electron chi connectivity index (χ3n) is 4.30. The maximum atomic E-state index is 12.8. The second-order valence-electron chi connectivity index (χ2n) is 5.64. The van der Waals surface area contributed by atoms with Crippen LogP contribution in [0.5, 0.6) is 0 Å². The van der Waals surface area contributed by atoms with E-state index in [1.165, 1.54) is 0 Å². The highest BCUT2D eigenvalue weighted by Crippen LogP contribution is 2.33. The first kappa shape index (κ1) is 13.4. The minimum absolute atomic E-state index is 0.125. The summed E-state index contributed by atoms with van der Waals surface area (Å²) >= 11 is 0. The van der Waals surface area contributed by atoms with Gasteiger partial charge >= 0.3 is 0 Å². The van der Waals surface area contributed by atoms with Gasteiger partial charge in [-0.2, -0.15) is 0 Å². The summed E-state index contributed by atoms with van der Waals surface area (Å²) in [6.45, 7) is 3.24. The van der Waals surface area contributed by atoms with Crippen molar-refractivity contribution in [2.45, 2.75) is 19.3 Å². The van der Waals surface area contributed by atoms with E-state index in [1.54, 1.807) is 0 Å². The summed E-state index contributed by atoms with van der Waals surface area (Å²) in [5.41, 5.74) is 2.22. The van der Waals surface area contributed by atoms with Crippen LogP contribution in [-0.2, 0) is 9.53 Å². The number of carbonyl (C=O) groups excluding carboxylic acids is 1. The molecule has 0 aliphatic carbocycles. The lowest BCUT2D eigenvalue weighted by Crippen LogP contribution is -2.39. The van der Waals surface area contributed by atoms with Crippen LogP contribution in [0.4, 0.5) is 11.4 Å². The molecule has 3 rings (SSSR count). The second kappa shape index (κ2) is 5.83. The molecule has 1 saturated heterocycles. The van der Waals surface area contributed by atoms with E-state index < -0.39 is 0 Å². The Morgan fingerprint density at radius 2 is 1.85 bits per heavy atom. The number of hydrogen-bond donors (Lipinski definition) is 0. The molecule has 1 amide bonds. The Balaban J connectivity index is 1.88. The molecule has 0 N–H and O–H groups in total. The Morgan fingerprint density at radius 3 is 2.60 bits per heavy atom. The zero-order valence-corrected chi connectivity index (χ0v) is 12.0. The Kier molecular flexibility index (Phi) is 3.92. The van der Waals surface area contributed by atoms with Crippen molar-refractivity contribution < 1.29 is 9.53 Å². The van der Waals surface area contributed by atoms with Crippen molar-refractivity contribution in [2.24, 2.45) is 5.92 Å². The summed E-state index contributed by atoms with van der Waals surface area (Å²) in [7, 11) is 2.10. The molecule has 0 bridgehead atoms. The average molecular weight is 274 g/mol. The maximum Gasteiger partial charge on any atom is 0.230 e. The third kappa shape index (κ3) is 2.52. The van der Waals surface area contributed by atoms with Gasteiger partial charge in [0.15, 0.2) is 0 Å². The quantitative estimate of drug-likeness (QED) is 0.787. The molecule has 0 atom stereocenters. The lowest BCUT2D eigenvalue weighted by Gasteiger charge is -2.29. The van der Waals surface area contributed by atoms with E-state index in [1.807, 2.05) is 17.0 Å². The maximum absolute atomic E-state index is 12.8. The van der Waals surface area contributed by atoms with Gasteiger partial charge in [0.05, 0.1) is 11.4 Å². The number of benzene rings is 1. The van der Waals surface area contributed by atoms with Crippen molar-refractivity contribution in [1.82, 2.24) is 0 Å². The number of fused-ring (bicyclic) bond motifs is 1. The molecule has 0 saturated carbocycles. The number of ether oxygens (including phenoxy) is 1. The van der Waals surface area contributed by atoms with Crippen LogP contribution in [0.15, 0.2) is 24.3 Å². The van der Waals surface area contributed by atoms with E-state index in [9.17, 15) is 4.79 Å². The van der Waals surface area contributed by atoms with Crippen LogP contribution in [0.1, 0.15) is 19.3 Å². The van der Waals surface area contributed by atoms with Gasteiger partial charge in [0.25, 0.3) is 0 Å². The van der Waals surface area contributed by atoms with E-state index in [2.05, 4.69) is 24.1 Å². The van der Waals surface area contributed by atoms with Crippen LogP contribution in [0.25, 0.3) is 0 Å². The molecule has 20 heavy (non-hydrogen) atoms. The van der Waals surface area contributed by atoms with Crippen LogP contribution in [0, 0.1) is 5.92 Å². The molecule has 0 aromatic heterocycles. The van der Waals surface area contributed by atoms with Crippen LogP contribution in [0.3, 0.4) is 0 Å². The van der Waals surface area contributed by atoms with Gasteiger partial charge in [0, 0.05) is 39.3 Å². The van der Waals surface area contributed by atoms with Gasteiger partial charge in [0.1, 0.15) is 0 Å². The number of nitrogens with zero attached hydrogens (tertiary/aromatic N) is 2. The van der Waals surface area contributed by atoms with Gasteiger partial charge in [-0.05, 0) is 31.4 Å². The predicted molar refractivity (Wildman–Crippen MR) is 80.2 cm³/mol. The van der Waals surface area contributed by atoms with E-state index in [0.717, 1.165) is 43.7 Å². The summed E-state index contributed by atoms with van der Waals surface area (Å²) in [6, 6.07) is 8.22. The molecule has 0 unspecified atom stereocenters. The molecule has 1 fully saturated rings. The van der Waals surface area contributed by atoms with E-state index in [-0.39, 0.29) is 11.8 Å². The number of rotatable bonds is 1. The molecule has 2 aliphatic heterocycles. The lowest BCUT2D eigenvalue weighted by atomic mass is 9.98. The topological polar surface area (TPSA) is 32.8 Å². The number of amides is 1. The number of carbonyl (C=O) groups is 1.